The summed E-state index contributed by atoms with van der Waals surface area (Å²) in [5.74, 6) is 0. The van der Waals surface area contributed by atoms with Gasteiger partial charge in [-0.1, -0.05) is 18.2 Å². The Balaban J connectivity index is 3.23. The topological polar surface area (TPSA) is 60.2 Å². The molecule has 1 aromatic rings. The molecule has 1 rings (SSSR count). The first-order valence-electron chi connectivity index (χ1n) is 3.09. The van der Waals surface area contributed by atoms with Crippen LogP contribution in [0, 0.1) is 3.57 Å². The van der Waals surface area contributed by atoms with E-state index in [4.69, 9.17) is 5.73 Å². The van der Waals surface area contributed by atoms with Gasteiger partial charge in [0.15, 0.2) is 0 Å². The number of halogens is 1. The van der Waals surface area contributed by atoms with E-state index in [-0.39, 0.29) is 6.54 Å². The summed E-state index contributed by atoms with van der Waals surface area (Å²) in [5, 5.41) is 0. The molecule has 0 aliphatic rings. The fourth-order valence-electron chi connectivity index (χ4n) is 0.814. The lowest BCUT2D eigenvalue weighted by Gasteiger charge is -1.96. The number of rotatable bonds is 2. The van der Waals surface area contributed by atoms with Crippen molar-refractivity contribution in [1.29, 1.82) is 0 Å². The Hall–Kier alpha value is -0.490. The minimum Gasteiger partial charge on any atom is -0.326 e. The third-order valence-electron chi connectivity index (χ3n) is 1.34. The molecule has 0 radical (unpaired) electrons. The Morgan fingerprint density at radius 2 is 1.91 bits per heavy atom. The van der Waals surface area contributed by atoms with Crippen LogP contribution in [0.3, 0.4) is 0 Å². The molecule has 0 unspecified atom stereocenters. The lowest BCUT2D eigenvalue weighted by Crippen LogP contribution is -1.98. The van der Waals surface area contributed by atoms with Gasteiger partial charge in [-0.2, -0.15) is 0 Å². The molecule has 0 saturated heterocycles. The molecule has 0 aromatic heterocycles. The lowest BCUT2D eigenvalue weighted by atomic mass is 10.2. The monoisotopic (exact) mass is 265 g/mol. The first kappa shape index (κ1) is 8.61. The molecule has 11 heavy (non-hydrogen) atoms. The van der Waals surface area contributed by atoms with Crippen LogP contribution in [-0.4, -0.2) is 0 Å². The first-order chi connectivity index (χ1) is 5.25. The van der Waals surface area contributed by atoms with Gasteiger partial charge in [0.1, 0.15) is 0 Å². The second-order valence-electron chi connectivity index (χ2n) is 2.01. The normalized spacial score (nSPS) is 10.4. The van der Waals surface area contributed by atoms with E-state index < -0.39 is 19.8 Å². The van der Waals surface area contributed by atoms with Gasteiger partial charge in [0.05, 0.1) is 3.57 Å². The Morgan fingerprint density at radius 3 is 2.36 bits per heavy atom. The average molecular weight is 265 g/mol. The number of benzene rings is 1. The summed E-state index contributed by atoms with van der Waals surface area (Å²) in [6.45, 7) is 0.286. The molecule has 0 aliphatic heterocycles. The van der Waals surface area contributed by atoms with Crippen molar-refractivity contribution in [2.24, 2.45) is 5.73 Å². The summed E-state index contributed by atoms with van der Waals surface area (Å²) < 4.78 is 21.7. The van der Waals surface area contributed by atoms with Crippen LogP contribution in [0.5, 0.6) is 0 Å². The molecule has 3 nitrogen and oxygen atoms in total. The van der Waals surface area contributed by atoms with Crippen molar-refractivity contribution in [3.8, 4) is 0 Å². The number of hydrogen-bond acceptors (Lipinski definition) is 3. The van der Waals surface area contributed by atoms with E-state index >= 15 is 0 Å². The highest BCUT2D eigenvalue weighted by Crippen LogP contribution is 2.20. The molecule has 4 heteroatoms. The van der Waals surface area contributed by atoms with Crippen LogP contribution in [0.25, 0.3) is 0 Å². The zero-order valence-corrected chi connectivity index (χ0v) is 7.95. The fourth-order valence-corrected chi connectivity index (χ4v) is 2.28. The van der Waals surface area contributed by atoms with E-state index in [0.717, 1.165) is 0 Å². The van der Waals surface area contributed by atoms with Gasteiger partial charge in [-0.25, -0.2) is 6.14 Å². The first-order valence-corrected chi connectivity index (χ1v) is 5.93. The maximum Gasteiger partial charge on any atom is 0.341 e. The zero-order valence-electron chi connectivity index (χ0n) is 5.79. The van der Waals surface area contributed by atoms with Gasteiger partial charge in [0.25, 0.3) is 0 Å². The second kappa shape index (κ2) is 3.77. The summed E-state index contributed by atoms with van der Waals surface area (Å²) in [7, 11) is 0. The lowest BCUT2D eigenvalue weighted by molar-refractivity contribution is 0.610. The van der Waals surface area contributed by atoms with Crippen LogP contribution in [0.2, 0.25) is 0 Å². The molecule has 0 saturated carbocycles. The van der Waals surface area contributed by atoms with Gasteiger partial charge >= 0.3 is 19.8 Å². The van der Waals surface area contributed by atoms with Crippen molar-refractivity contribution in [2.45, 2.75) is 6.54 Å². The molecule has 0 heterocycles. The predicted molar refractivity (Wildman–Crippen MR) is 48.4 cm³/mol. The van der Waals surface area contributed by atoms with E-state index in [2.05, 4.69) is 0 Å². The van der Waals surface area contributed by atoms with Crippen molar-refractivity contribution in [3.05, 3.63) is 33.4 Å². The summed E-state index contributed by atoms with van der Waals surface area (Å²) in [6, 6.07) is 6.81. The minimum absolute atomic E-state index is 0.286. The molecule has 2 N–H and O–H groups in total. The average Bonchev–Trinajstić information content (AvgIpc) is 2.04. The predicted octanol–water partition coefficient (Wildman–Crippen LogP) is 1.51. The van der Waals surface area contributed by atoms with Crippen molar-refractivity contribution < 1.29 is 6.14 Å². The molecule has 0 aliphatic carbocycles. The van der Waals surface area contributed by atoms with Crippen molar-refractivity contribution in [2.75, 3.05) is 0 Å². The third kappa shape index (κ3) is 1.97. The smallest absolute Gasteiger partial charge is 0.326 e. The molecule has 0 atom stereocenters. The summed E-state index contributed by atoms with van der Waals surface area (Å²) in [4.78, 5) is 0. The van der Waals surface area contributed by atoms with Gasteiger partial charge in [-0.3, -0.25) is 0 Å². The highest BCUT2D eigenvalue weighted by Gasteiger charge is 2.02. The van der Waals surface area contributed by atoms with Gasteiger partial charge in [-0.15, -0.1) is 0 Å². The Labute approximate surface area is 71.7 Å². The van der Waals surface area contributed by atoms with E-state index in [1.54, 1.807) is 24.3 Å². The second-order valence-corrected chi connectivity index (χ2v) is 4.42. The molecule has 0 bridgehead atoms. The van der Waals surface area contributed by atoms with Crippen LogP contribution in [-0.2, 0) is 12.7 Å². The Kier molecular flexibility index (Phi) is 2.95. The quantitative estimate of drug-likeness (QED) is 0.824. The van der Waals surface area contributed by atoms with Gasteiger partial charge in [-0.05, 0) is 11.6 Å². The highest BCUT2D eigenvalue weighted by atomic mass is 127. The SMILES string of the molecule is NCc1ccccc1I(=O)=O. The largest absolute Gasteiger partial charge is 0.341 e. The van der Waals surface area contributed by atoms with E-state index in [0.29, 0.717) is 9.13 Å². The maximum absolute atomic E-state index is 10.7. The molecule has 0 spiro atoms. The van der Waals surface area contributed by atoms with Gasteiger partial charge < -0.3 is 5.73 Å². The van der Waals surface area contributed by atoms with E-state index in [1.165, 1.54) is 0 Å². The van der Waals surface area contributed by atoms with E-state index in [1.807, 2.05) is 0 Å². The molecule has 0 amide bonds. The number of nitrogens with two attached hydrogens (primary N) is 1. The molecule has 1 aromatic carbocycles. The minimum atomic E-state index is -3.33. The molecular formula is C7H8INO2. The number of hydrogen-bond donors (Lipinski definition) is 1. The van der Waals surface area contributed by atoms with Gasteiger partial charge in [0, 0.05) is 6.54 Å². The summed E-state index contributed by atoms with van der Waals surface area (Å²) in [6.07, 6.45) is 0. The van der Waals surface area contributed by atoms with Crippen LogP contribution in [0.4, 0.5) is 0 Å². The molecular weight excluding hydrogens is 257 g/mol. The zero-order chi connectivity index (χ0) is 8.27. The third-order valence-corrected chi connectivity index (χ3v) is 3.35. The Morgan fingerprint density at radius 1 is 1.27 bits per heavy atom. The maximum atomic E-state index is 10.7. The van der Waals surface area contributed by atoms with Crippen molar-refractivity contribution in [3.63, 3.8) is 0 Å². The standard InChI is InChI=1S/C7H8INO2/c9-5-6-3-1-2-4-7(6)8(10)11/h1-4H,5,9H2. The van der Waals surface area contributed by atoms with Crippen LogP contribution in [0.15, 0.2) is 24.3 Å². The van der Waals surface area contributed by atoms with Crippen LogP contribution < -0.4 is 5.73 Å². The van der Waals surface area contributed by atoms with Crippen molar-refractivity contribution >= 4 is 19.8 Å². The van der Waals surface area contributed by atoms with Crippen LogP contribution in [0.1, 0.15) is 5.56 Å². The summed E-state index contributed by atoms with van der Waals surface area (Å²) in [5.41, 5.74) is 6.05. The fraction of sp³-hybridized carbons (Fsp3) is 0.143. The van der Waals surface area contributed by atoms with Crippen LogP contribution >= 0.6 is 19.8 Å². The van der Waals surface area contributed by atoms with Crippen molar-refractivity contribution in [1.82, 2.24) is 0 Å². The summed E-state index contributed by atoms with van der Waals surface area (Å²) >= 11 is -3.33. The Bertz CT molecular complexity index is 312. The molecule has 0 fully saturated rings. The van der Waals surface area contributed by atoms with E-state index in [9.17, 15) is 6.14 Å². The van der Waals surface area contributed by atoms with Gasteiger partial charge in [0.2, 0.25) is 0 Å². The molecule has 60 valence electrons. The highest BCUT2D eigenvalue weighted by molar-refractivity contribution is 14.2.